The lowest BCUT2D eigenvalue weighted by Crippen LogP contribution is -2.50. The van der Waals surface area contributed by atoms with Gasteiger partial charge in [-0.25, -0.2) is 4.39 Å². The van der Waals surface area contributed by atoms with Crippen molar-refractivity contribution in [3.8, 4) is 0 Å². The van der Waals surface area contributed by atoms with Gasteiger partial charge in [0.15, 0.2) is 0 Å². The number of amides is 2. The van der Waals surface area contributed by atoms with Crippen LogP contribution in [0.4, 0.5) is 10.1 Å². The number of nitrogens with one attached hydrogen (secondary N) is 1. The van der Waals surface area contributed by atoms with E-state index >= 15 is 0 Å². The SMILES string of the molecule is CC1CC1c1ccc(/C=C/C(=O)N2CCN(CC(=O)Nc3ccc(F)cc3)CC2)o1. The molecule has 2 unspecified atom stereocenters. The molecular formula is C23H26FN3O3. The number of nitrogens with zero attached hydrogens (tertiary/aromatic N) is 2. The number of hydrogen-bond acceptors (Lipinski definition) is 4. The molecule has 1 aromatic carbocycles. The first-order valence-electron chi connectivity index (χ1n) is 10.3. The second-order valence-corrected chi connectivity index (χ2v) is 8.05. The molecule has 1 aromatic heterocycles. The van der Waals surface area contributed by atoms with E-state index < -0.39 is 0 Å². The van der Waals surface area contributed by atoms with E-state index in [-0.39, 0.29) is 24.2 Å². The molecular weight excluding hydrogens is 385 g/mol. The lowest BCUT2D eigenvalue weighted by atomic mass is 10.2. The summed E-state index contributed by atoms with van der Waals surface area (Å²) in [5.41, 5.74) is 0.567. The van der Waals surface area contributed by atoms with Crippen molar-refractivity contribution in [3.63, 3.8) is 0 Å². The molecule has 30 heavy (non-hydrogen) atoms. The van der Waals surface area contributed by atoms with Gasteiger partial charge in [0.25, 0.3) is 0 Å². The number of rotatable bonds is 6. The van der Waals surface area contributed by atoms with E-state index in [2.05, 4.69) is 12.2 Å². The summed E-state index contributed by atoms with van der Waals surface area (Å²) in [5.74, 6) is 2.37. The third kappa shape index (κ3) is 5.16. The molecule has 158 valence electrons. The Hall–Kier alpha value is -2.93. The Bertz CT molecular complexity index is 929. The molecule has 7 heteroatoms. The number of hydrogen-bond donors (Lipinski definition) is 1. The Morgan fingerprint density at radius 2 is 1.83 bits per heavy atom. The molecule has 4 rings (SSSR count). The Morgan fingerprint density at radius 1 is 1.13 bits per heavy atom. The molecule has 0 spiro atoms. The van der Waals surface area contributed by atoms with Crippen molar-refractivity contribution < 1.29 is 18.4 Å². The van der Waals surface area contributed by atoms with Gasteiger partial charge in [0.05, 0.1) is 6.54 Å². The van der Waals surface area contributed by atoms with Crippen LogP contribution < -0.4 is 5.32 Å². The summed E-state index contributed by atoms with van der Waals surface area (Å²) in [6.07, 6.45) is 4.44. The number of benzene rings is 1. The Kier molecular flexibility index (Phi) is 5.99. The fourth-order valence-electron chi connectivity index (χ4n) is 3.70. The number of halogens is 1. The first-order valence-corrected chi connectivity index (χ1v) is 10.3. The van der Waals surface area contributed by atoms with Crippen molar-refractivity contribution in [2.45, 2.75) is 19.3 Å². The van der Waals surface area contributed by atoms with Gasteiger partial charge in [0.2, 0.25) is 11.8 Å². The van der Waals surface area contributed by atoms with E-state index in [9.17, 15) is 14.0 Å². The molecule has 2 amide bonds. The van der Waals surface area contributed by atoms with Crippen molar-refractivity contribution in [2.75, 3.05) is 38.0 Å². The second-order valence-electron chi connectivity index (χ2n) is 8.05. The standard InChI is InChI=1S/C23H26FN3O3/c1-16-14-20(16)21-8-6-19(30-21)7-9-23(29)27-12-10-26(11-13-27)15-22(28)25-18-4-2-17(24)3-5-18/h2-9,16,20H,10-15H2,1H3,(H,25,28)/b9-7+. The van der Waals surface area contributed by atoms with Gasteiger partial charge >= 0.3 is 0 Å². The molecule has 0 bridgehead atoms. The fourth-order valence-corrected chi connectivity index (χ4v) is 3.70. The summed E-state index contributed by atoms with van der Waals surface area (Å²) in [5, 5.41) is 2.76. The van der Waals surface area contributed by atoms with Crippen LogP contribution in [0.3, 0.4) is 0 Å². The normalized spacial score (nSPS) is 21.7. The molecule has 2 heterocycles. The molecule has 2 atom stereocenters. The van der Waals surface area contributed by atoms with Crippen LogP contribution in [0.5, 0.6) is 0 Å². The minimum atomic E-state index is -0.340. The summed E-state index contributed by atoms with van der Waals surface area (Å²) in [6, 6.07) is 9.58. The largest absolute Gasteiger partial charge is 0.461 e. The third-order valence-electron chi connectivity index (χ3n) is 5.69. The summed E-state index contributed by atoms with van der Waals surface area (Å²) in [4.78, 5) is 28.4. The molecule has 1 saturated heterocycles. The highest BCUT2D eigenvalue weighted by Crippen LogP contribution is 2.47. The van der Waals surface area contributed by atoms with Gasteiger partial charge in [-0.1, -0.05) is 6.92 Å². The van der Waals surface area contributed by atoms with Crippen LogP contribution >= 0.6 is 0 Å². The zero-order chi connectivity index (χ0) is 21.1. The summed E-state index contributed by atoms with van der Waals surface area (Å²) in [6.45, 7) is 4.83. The number of carbonyl (C=O) groups is 2. The van der Waals surface area contributed by atoms with Crippen molar-refractivity contribution in [1.29, 1.82) is 0 Å². The van der Waals surface area contributed by atoms with Crippen LogP contribution in [0.2, 0.25) is 0 Å². The van der Waals surface area contributed by atoms with E-state index in [0.29, 0.717) is 49.5 Å². The zero-order valence-electron chi connectivity index (χ0n) is 17.0. The van der Waals surface area contributed by atoms with E-state index in [0.717, 1.165) is 5.76 Å². The van der Waals surface area contributed by atoms with Gasteiger partial charge in [-0.2, -0.15) is 0 Å². The molecule has 2 aromatic rings. The molecule has 1 aliphatic heterocycles. The third-order valence-corrected chi connectivity index (χ3v) is 5.69. The van der Waals surface area contributed by atoms with Crippen molar-refractivity contribution in [3.05, 3.63) is 59.8 Å². The van der Waals surface area contributed by atoms with Crippen molar-refractivity contribution in [1.82, 2.24) is 9.80 Å². The topological polar surface area (TPSA) is 65.8 Å². The Morgan fingerprint density at radius 3 is 2.50 bits per heavy atom. The van der Waals surface area contributed by atoms with E-state index in [1.165, 1.54) is 30.7 Å². The zero-order valence-corrected chi connectivity index (χ0v) is 17.0. The first-order chi connectivity index (χ1) is 14.5. The number of furan rings is 1. The molecule has 0 radical (unpaired) electrons. The minimum absolute atomic E-state index is 0.0526. The smallest absolute Gasteiger partial charge is 0.246 e. The van der Waals surface area contributed by atoms with Crippen LogP contribution in [-0.2, 0) is 9.59 Å². The average Bonchev–Trinajstić information content (AvgIpc) is 3.28. The van der Waals surface area contributed by atoms with Gasteiger partial charge in [-0.05, 0) is 54.8 Å². The molecule has 1 aliphatic carbocycles. The maximum atomic E-state index is 12.9. The monoisotopic (exact) mass is 411 g/mol. The number of anilines is 1. The number of carbonyl (C=O) groups excluding carboxylic acids is 2. The highest BCUT2D eigenvalue weighted by Gasteiger charge is 2.36. The Balaban J connectivity index is 1.20. The van der Waals surface area contributed by atoms with Crippen LogP contribution in [0.25, 0.3) is 6.08 Å². The molecule has 6 nitrogen and oxygen atoms in total. The van der Waals surface area contributed by atoms with Gasteiger partial charge in [-0.3, -0.25) is 14.5 Å². The van der Waals surface area contributed by atoms with Crippen LogP contribution in [-0.4, -0.2) is 54.3 Å². The highest BCUT2D eigenvalue weighted by molar-refractivity contribution is 5.92. The molecule has 2 fully saturated rings. The lowest BCUT2D eigenvalue weighted by Gasteiger charge is -2.33. The fraction of sp³-hybridized carbons (Fsp3) is 0.391. The van der Waals surface area contributed by atoms with E-state index in [1.54, 1.807) is 17.1 Å². The first kappa shape index (κ1) is 20.3. The van der Waals surface area contributed by atoms with Crippen LogP contribution in [0.1, 0.15) is 30.8 Å². The minimum Gasteiger partial charge on any atom is -0.461 e. The van der Waals surface area contributed by atoms with E-state index in [1.807, 2.05) is 17.0 Å². The summed E-state index contributed by atoms with van der Waals surface area (Å²) < 4.78 is 18.7. The quantitative estimate of drug-likeness (QED) is 0.741. The average molecular weight is 411 g/mol. The maximum absolute atomic E-state index is 12.9. The van der Waals surface area contributed by atoms with E-state index in [4.69, 9.17) is 4.42 Å². The van der Waals surface area contributed by atoms with Crippen molar-refractivity contribution >= 4 is 23.6 Å². The van der Waals surface area contributed by atoms with Gasteiger partial charge in [-0.15, -0.1) is 0 Å². The highest BCUT2D eigenvalue weighted by atomic mass is 19.1. The number of piperazine rings is 1. The van der Waals surface area contributed by atoms with Gasteiger partial charge in [0, 0.05) is 43.9 Å². The molecule has 1 N–H and O–H groups in total. The summed E-state index contributed by atoms with van der Waals surface area (Å²) in [7, 11) is 0. The predicted molar refractivity (Wildman–Crippen MR) is 112 cm³/mol. The maximum Gasteiger partial charge on any atom is 0.246 e. The van der Waals surface area contributed by atoms with Crippen LogP contribution in [0.15, 0.2) is 46.9 Å². The summed E-state index contributed by atoms with van der Waals surface area (Å²) >= 11 is 0. The molecule has 2 aliphatic rings. The van der Waals surface area contributed by atoms with Crippen molar-refractivity contribution in [2.24, 2.45) is 5.92 Å². The second kappa shape index (κ2) is 8.83. The van der Waals surface area contributed by atoms with Crippen LogP contribution in [0, 0.1) is 11.7 Å². The Labute approximate surface area is 175 Å². The lowest BCUT2D eigenvalue weighted by molar-refractivity contribution is -0.127. The van der Waals surface area contributed by atoms with Gasteiger partial charge < -0.3 is 14.6 Å². The molecule has 1 saturated carbocycles. The van der Waals surface area contributed by atoms with Gasteiger partial charge in [0.1, 0.15) is 17.3 Å². The predicted octanol–water partition coefficient (Wildman–Crippen LogP) is 3.34.